The lowest BCUT2D eigenvalue weighted by Gasteiger charge is -2.20. The van der Waals surface area contributed by atoms with Gasteiger partial charge >= 0.3 is 0 Å². The molecule has 0 bridgehead atoms. The van der Waals surface area contributed by atoms with Crippen molar-refractivity contribution in [2.75, 3.05) is 13.6 Å². The molecule has 0 aromatic carbocycles. The number of aliphatic hydroxyl groups excluding tert-OH is 1. The normalized spacial score (nSPS) is 16.1. The lowest BCUT2D eigenvalue weighted by molar-refractivity contribution is 0.0645. The van der Waals surface area contributed by atoms with Crippen molar-refractivity contribution in [3.8, 4) is 5.88 Å². The number of aromatic nitrogens is 1. The summed E-state index contributed by atoms with van der Waals surface area (Å²) < 4.78 is 5.44. The Labute approximate surface area is 119 Å². The van der Waals surface area contributed by atoms with Crippen molar-refractivity contribution in [3.05, 3.63) is 23.9 Å². The number of amides is 1. The van der Waals surface area contributed by atoms with Crippen molar-refractivity contribution in [1.82, 2.24) is 9.88 Å². The highest BCUT2D eigenvalue weighted by molar-refractivity contribution is 5.93. The van der Waals surface area contributed by atoms with E-state index in [9.17, 15) is 9.90 Å². The molecule has 1 aliphatic carbocycles. The van der Waals surface area contributed by atoms with Gasteiger partial charge in [0.25, 0.3) is 5.91 Å². The SMILES string of the molecule is CC(C)Oc1ccc(C(=O)N(C)CC(O)C2CC2)cn1. The van der Waals surface area contributed by atoms with Crippen LogP contribution in [0.4, 0.5) is 0 Å². The molecule has 1 fully saturated rings. The quantitative estimate of drug-likeness (QED) is 0.860. The summed E-state index contributed by atoms with van der Waals surface area (Å²) in [6.45, 7) is 4.22. The Kier molecular flexibility index (Phi) is 4.60. The average Bonchev–Trinajstić information content (AvgIpc) is 3.22. The van der Waals surface area contributed by atoms with E-state index in [4.69, 9.17) is 4.74 Å². The number of carbonyl (C=O) groups is 1. The van der Waals surface area contributed by atoms with Crippen LogP contribution >= 0.6 is 0 Å². The molecule has 0 radical (unpaired) electrons. The molecule has 0 saturated heterocycles. The third-order valence-electron chi connectivity index (χ3n) is 3.31. The highest BCUT2D eigenvalue weighted by Gasteiger charge is 2.31. The minimum atomic E-state index is -0.416. The molecule has 5 heteroatoms. The summed E-state index contributed by atoms with van der Waals surface area (Å²) in [4.78, 5) is 17.9. The zero-order valence-corrected chi connectivity index (χ0v) is 12.2. The zero-order chi connectivity index (χ0) is 14.7. The molecule has 1 aromatic rings. The third kappa shape index (κ3) is 3.93. The molecule has 0 aliphatic heterocycles. The predicted octanol–water partition coefficient (Wildman–Crippen LogP) is 1.71. The highest BCUT2D eigenvalue weighted by Crippen LogP contribution is 2.32. The molecular formula is C15H22N2O3. The number of carbonyl (C=O) groups excluding carboxylic acids is 1. The van der Waals surface area contributed by atoms with Crippen LogP contribution < -0.4 is 4.74 Å². The van der Waals surface area contributed by atoms with Crippen LogP contribution in [0.2, 0.25) is 0 Å². The van der Waals surface area contributed by atoms with Crippen molar-refractivity contribution < 1.29 is 14.6 Å². The summed E-state index contributed by atoms with van der Waals surface area (Å²) in [5.41, 5.74) is 0.506. The number of aliphatic hydroxyl groups is 1. The van der Waals surface area contributed by atoms with Gasteiger partial charge in [-0.2, -0.15) is 0 Å². The Morgan fingerprint density at radius 1 is 1.50 bits per heavy atom. The topological polar surface area (TPSA) is 62.7 Å². The zero-order valence-electron chi connectivity index (χ0n) is 12.2. The Hall–Kier alpha value is -1.62. The fraction of sp³-hybridized carbons (Fsp3) is 0.600. The smallest absolute Gasteiger partial charge is 0.255 e. The summed E-state index contributed by atoms with van der Waals surface area (Å²) in [5.74, 6) is 0.746. The number of pyridine rings is 1. The summed E-state index contributed by atoms with van der Waals surface area (Å²) >= 11 is 0. The molecule has 110 valence electrons. The Bertz CT molecular complexity index is 455. The molecule has 5 nitrogen and oxygen atoms in total. The first kappa shape index (κ1) is 14.8. The summed E-state index contributed by atoms with van der Waals surface area (Å²) in [6, 6.07) is 3.39. The van der Waals surface area contributed by atoms with Gasteiger partial charge in [-0.15, -0.1) is 0 Å². The van der Waals surface area contributed by atoms with Gasteiger partial charge in [0.1, 0.15) is 0 Å². The van der Waals surface area contributed by atoms with Gasteiger partial charge in [0.15, 0.2) is 0 Å². The fourth-order valence-electron chi connectivity index (χ4n) is 2.03. The molecule has 1 aromatic heterocycles. The largest absolute Gasteiger partial charge is 0.475 e. The van der Waals surface area contributed by atoms with Crippen LogP contribution in [0.5, 0.6) is 5.88 Å². The summed E-state index contributed by atoms with van der Waals surface area (Å²) in [6.07, 6.45) is 3.28. The molecule has 1 atom stereocenters. The minimum Gasteiger partial charge on any atom is -0.475 e. The van der Waals surface area contributed by atoms with Crippen LogP contribution in [0.1, 0.15) is 37.0 Å². The van der Waals surface area contributed by atoms with Crippen molar-refractivity contribution in [1.29, 1.82) is 0 Å². The second-order valence-corrected chi connectivity index (χ2v) is 5.64. The number of likely N-dealkylation sites (N-methyl/N-ethyl adjacent to an activating group) is 1. The molecule has 1 unspecified atom stereocenters. The van der Waals surface area contributed by atoms with Crippen LogP contribution in [0.25, 0.3) is 0 Å². The maximum absolute atomic E-state index is 12.2. The molecule has 1 heterocycles. The highest BCUT2D eigenvalue weighted by atomic mass is 16.5. The first-order chi connectivity index (χ1) is 9.47. The van der Waals surface area contributed by atoms with Gasteiger partial charge in [-0.3, -0.25) is 4.79 Å². The van der Waals surface area contributed by atoms with E-state index in [0.29, 0.717) is 23.9 Å². The van der Waals surface area contributed by atoms with Gasteiger partial charge in [-0.05, 0) is 38.7 Å². The van der Waals surface area contributed by atoms with E-state index in [1.807, 2.05) is 13.8 Å². The standard InChI is InChI=1S/C15H22N2O3/c1-10(2)20-14-7-6-12(8-16-14)15(19)17(3)9-13(18)11-4-5-11/h6-8,10-11,13,18H,4-5,9H2,1-3H3. The lowest BCUT2D eigenvalue weighted by Crippen LogP contribution is -2.35. The van der Waals surface area contributed by atoms with Gasteiger partial charge < -0.3 is 14.7 Å². The van der Waals surface area contributed by atoms with Crippen LogP contribution in [0.3, 0.4) is 0 Å². The molecule has 1 N–H and O–H groups in total. The number of hydrogen-bond acceptors (Lipinski definition) is 4. The molecule has 1 saturated carbocycles. The molecular weight excluding hydrogens is 256 g/mol. The van der Waals surface area contributed by atoms with Gasteiger partial charge in [-0.1, -0.05) is 0 Å². The summed E-state index contributed by atoms with van der Waals surface area (Å²) in [7, 11) is 1.70. The predicted molar refractivity (Wildman–Crippen MR) is 75.7 cm³/mol. The van der Waals surface area contributed by atoms with E-state index < -0.39 is 6.10 Å². The molecule has 0 spiro atoms. The maximum atomic E-state index is 12.2. The van der Waals surface area contributed by atoms with E-state index >= 15 is 0 Å². The van der Waals surface area contributed by atoms with Crippen molar-refractivity contribution in [2.45, 2.75) is 38.9 Å². The van der Waals surface area contributed by atoms with Gasteiger partial charge in [-0.25, -0.2) is 4.98 Å². The average molecular weight is 278 g/mol. The Morgan fingerprint density at radius 3 is 2.70 bits per heavy atom. The maximum Gasteiger partial charge on any atom is 0.255 e. The Morgan fingerprint density at radius 2 is 2.20 bits per heavy atom. The van der Waals surface area contributed by atoms with Crippen LogP contribution in [0, 0.1) is 5.92 Å². The van der Waals surface area contributed by atoms with Crippen LogP contribution in [-0.2, 0) is 0 Å². The number of nitrogens with zero attached hydrogens (tertiary/aromatic N) is 2. The minimum absolute atomic E-state index is 0.0559. The van der Waals surface area contributed by atoms with E-state index in [2.05, 4.69) is 4.98 Å². The molecule has 1 aliphatic rings. The Balaban J connectivity index is 1.93. The number of rotatable bonds is 6. The lowest BCUT2D eigenvalue weighted by atomic mass is 10.2. The van der Waals surface area contributed by atoms with Gasteiger partial charge in [0, 0.05) is 25.9 Å². The summed E-state index contributed by atoms with van der Waals surface area (Å²) in [5, 5.41) is 9.87. The molecule has 1 amide bonds. The van der Waals surface area contributed by atoms with E-state index in [1.54, 1.807) is 24.1 Å². The van der Waals surface area contributed by atoms with Gasteiger partial charge in [0.2, 0.25) is 5.88 Å². The van der Waals surface area contributed by atoms with Crippen LogP contribution in [0.15, 0.2) is 18.3 Å². The third-order valence-corrected chi connectivity index (χ3v) is 3.31. The first-order valence-corrected chi connectivity index (χ1v) is 7.03. The van der Waals surface area contributed by atoms with E-state index in [1.165, 1.54) is 6.20 Å². The second kappa shape index (κ2) is 6.22. The first-order valence-electron chi connectivity index (χ1n) is 7.03. The number of ether oxygens (including phenoxy) is 1. The number of hydrogen-bond donors (Lipinski definition) is 1. The monoisotopic (exact) mass is 278 g/mol. The second-order valence-electron chi connectivity index (χ2n) is 5.64. The van der Waals surface area contributed by atoms with Crippen molar-refractivity contribution >= 4 is 5.91 Å². The van der Waals surface area contributed by atoms with Gasteiger partial charge in [0.05, 0.1) is 17.8 Å². The van der Waals surface area contributed by atoms with E-state index in [-0.39, 0.29) is 12.0 Å². The van der Waals surface area contributed by atoms with E-state index in [0.717, 1.165) is 12.8 Å². The molecule has 2 rings (SSSR count). The molecule has 20 heavy (non-hydrogen) atoms. The van der Waals surface area contributed by atoms with Crippen LogP contribution in [-0.4, -0.2) is 46.7 Å². The fourth-order valence-corrected chi connectivity index (χ4v) is 2.03. The van der Waals surface area contributed by atoms with Crippen molar-refractivity contribution in [2.24, 2.45) is 5.92 Å². The van der Waals surface area contributed by atoms with Crippen molar-refractivity contribution in [3.63, 3.8) is 0 Å².